The van der Waals surface area contributed by atoms with E-state index in [-0.39, 0.29) is 12.0 Å². The van der Waals surface area contributed by atoms with Crippen molar-refractivity contribution >= 4 is 9.84 Å². The highest BCUT2D eigenvalue weighted by atomic mass is 32.2. The van der Waals surface area contributed by atoms with Crippen molar-refractivity contribution in [1.82, 2.24) is 0 Å². The van der Waals surface area contributed by atoms with E-state index in [0.29, 0.717) is 4.90 Å². The maximum Gasteiger partial charge on any atom is 0.210 e. The molecule has 1 aromatic rings. The fourth-order valence-corrected chi connectivity index (χ4v) is 4.53. The van der Waals surface area contributed by atoms with Crippen LogP contribution in [0.25, 0.3) is 0 Å². The third-order valence-electron chi connectivity index (χ3n) is 4.09. The number of epoxide rings is 1. The molecule has 0 radical (unpaired) electrons. The van der Waals surface area contributed by atoms with Gasteiger partial charge in [-0.1, -0.05) is 30.4 Å². The minimum absolute atomic E-state index is 0.200. The van der Waals surface area contributed by atoms with E-state index in [0.717, 1.165) is 19.3 Å². The summed E-state index contributed by atoms with van der Waals surface area (Å²) in [6, 6.07) is 8.57. The first-order chi connectivity index (χ1) is 9.06. The molecule has 3 nitrogen and oxygen atoms in total. The first-order valence-electron chi connectivity index (χ1n) is 6.70. The molecule has 1 heterocycles. The molecule has 1 aromatic carbocycles. The van der Waals surface area contributed by atoms with Gasteiger partial charge in [0.15, 0.2) is 4.93 Å². The molecule has 0 saturated carbocycles. The van der Waals surface area contributed by atoms with Gasteiger partial charge in [-0.25, -0.2) is 8.42 Å². The highest BCUT2D eigenvalue weighted by Crippen LogP contribution is 2.50. The van der Waals surface area contributed by atoms with Crippen LogP contribution in [-0.2, 0) is 14.6 Å². The summed E-state index contributed by atoms with van der Waals surface area (Å²) >= 11 is 0. The topological polar surface area (TPSA) is 46.7 Å². The molecule has 3 atom stereocenters. The van der Waals surface area contributed by atoms with E-state index in [1.54, 1.807) is 31.2 Å². The van der Waals surface area contributed by atoms with Crippen LogP contribution in [0.2, 0.25) is 0 Å². The summed E-state index contributed by atoms with van der Waals surface area (Å²) in [6.45, 7) is 1.70. The zero-order valence-electron chi connectivity index (χ0n) is 11.0. The predicted molar refractivity (Wildman–Crippen MR) is 73.4 cm³/mol. The lowest BCUT2D eigenvalue weighted by atomic mass is 9.92. The molecule has 102 valence electrons. The van der Waals surface area contributed by atoms with Gasteiger partial charge >= 0.3 is 0 Å². The predicted octanol–water partition coefficient (Wildman–Crippen LogP) is 2.93. The lowest BCUT2D eigenvalue weighted by Gasteiger charge is -2.16. The van der Waals surface area contributed by atoms with Crippen molar-refractivity contribution in [2.24, 2.45) is 5.92 Å². The van der Waals surface area contributed by atoms with E-state index in [1.165, 1.54) is 0 Å². The van der Waals surface area contributed by atoms with Crippen LogP contribution >= 0.6 is 0 Å². The fraction of sp³-hybridized carbons (Fsp3) is 0.467. The summed E-state index contributed by atoms with van der Waals surface area (Å²) in [5.41, 5.74) is 0. The van der Waals surface area contributed by atoms with Crippen molar-refractivity contribution in [3.8, 4) is 0 Å². The summed E-state index contributed by atoms with van der Waals surface area (Å²) < 4.78 is 30.9. The second kappa shape index (κ2) is 4.46. The molecule has 3 rings (SSSR count). The van der Waals surface area contributed by atoms with Gasteiger partial charge in [-0.05, 0) is 38.3 Å². The van der Waals surface area contributed by atoms with Gasteiger partial charge in [0.2, 0.25) is 9.84 Å². The second-order valence-corrected chi connectivity index (χ2v) is 7.68. The average Bonchev–Trinajstić information content (AvgIpc) is 3.15. The van der Waals surface area contributed by atoms with Crippen LogP contribution in [-0.4, -0.2) is 19.5 Å². The average molecular weight is 278 g/mol. The summed E-state index contributed by atoms with van der Waals surface area (Å²) in [4.78, 5) is -0.708. The van der Waals surface area contributed by atoms with E-state index in [1.807, 2.05) is 6.07 Å². The molecule has 1 aliphatic carbocycles. The van der Waals surface area contributed by atoms with Gasteiger partial charge in [0.05, 0.1) is 4.90 Å². The maximum absolute atomic E-state index is 12.6. The summed E-state index contributed by atoms with van der Waals surface area (Å²) in [7, 11) is -3.42. The van der Waals surface area contributed by atoms with Crippen molar-refractivity contribution in [2.45, 2.75) is 42.1 Å². The Labute approximate surface area is 114 Å². The molecular weight excluding hydrogens is 260 g/mol. The molecule has 4 heteroatoms. The SMILES string of the molecule is CC1(S(=O)(=O)c2ccccc2)OC1C1C=CCCC1. The molecule has 0 bridgehead atoms. The van der Waals surface area contributed by atoms with Gasteiger partial charge in [-0.3, -0.25) is 0 Å². The van der Waals surface area contributed by atoms with Crippen LogP contribution in [0.3, 0.4) is 0 Å². The normalized spacial score (nSPS) is 34.2. The van der Waals surface area contributed by atoms with E-state index in [4.69, 9.17) is 4.74 Å². The Kier molecular flexibility index (Phi) is 3.02. The number of rotatable bonds is 3. The lowest BCUT2D eigenvalue weighted by Crippen LogP contribution is -2.27. The lowest BCUT2D eigenvalue weighted by molar-refractivity contribution is 0.318. The number of hydrogen-bond donors (Lipinski definition) is 0. The van der Waals surface area contributed by atoms with Crippen LogP contribution in [0.4, 0.5) is 0 Å². The zero-order chi connectivity index (χ0) is 13.5. The van der Waals surface area contributed by atoms with Gasteiger partial charge in [0.25, 0.3) is 0 Å². The minimum atomic E-state index is -3.42. The summed E-state index contributed by atoms with van der Waals surface area (Å²) in [5.74, 6) is 0.234. The van der Waals surface area contributed by atoms with Crippen molar-refractivity contribution in [2.75, 3.05) is 0 Å². The number of allylic oxidation sites excluding steroid dienone is 1. The fourth-order valence-electron chi connectivity index (χ4n) is 2.84. The Bertz CT molecular complexity index is 591. The smallest absolute Gasteiger partial charge is 0.210 e. The Morgan fingerprint density at radius 2 is 2.00 bits per heavy atom. The first kappa shape index (κ1) is 12.9. The monoisotopic (exact) mass is 278 g/mol. The highest BCUT2D eigenvalue weighted by Gasteiger charge is 2.64. The standard InChI is InChI=1S/C15H18O3S/c1-15(14(18-15)12-8-4-2-5-9-12)19(16,17)13-10-6-3-7-11-13/h3-4,6-8,10-12,14H,2,5,9H2,1H3. The number of benzene rings is 1. The second-order valence-electron chi connectivity index (χ2n) is 5.39. The van der Waals surface area contributed by atoms with Crippen molar-refractivity contribution in [3.05, 3.63) is 42.5 Å². The molecule has 0 aromatic heterocycles. The Morgan fingerprint density at radius 1 is 1.26 bits per heavy atom. The molecule has 19 heavy (non-hydrogen) atoms. The van der Waals surface area contributed by atoms with Gasteiger partial charge < -0.3 is 4.74 Å². The third-order valence-corrected chi connectivity index (χ3v) is 6.38. The van der Waals surface area contributed by atoms with E-state index >= 15 is 0 Å². The molecule has 1 saturated heterocycles. The van der Waals surface area contributed by atoms with Crippen molar-refractivity contribution < 1.29 is 13.2 Å². The number of hydrogen-bond acceptors (Lipinski definition) is 3. The Hall–Kier alpha value is -1.13. The Balaban J connectivity index is 1.87. The van der Waals surface area contributed by atoms with Crippen LogP contribution in [0.1, 0.15) is 26.2 Å². The molecule has 0 amide bonds. The van der Waals surface area contributed by atoms with Crippen LogP contribution in [0.15, 0.2) is 47.4 Å². The van der Waals surface area contributed by atoms with Crippen LogP contribution in [0, 0.1) is 5.92 Å². The molecule has 2 aliphatic rings. The molecule has 3 unspecified atom stereocenters. The molecule has 0 N–H and O–H groups in total. The third kappa shape index (κ3) is 2.03. The molecule has 0 spiro atoms. The van der Waals surface area contributed by atoms with Crippen molar-refractivity contribution in [3.63, 3.8) is 0 Å². The van der Waals surface area contributed by atoms with E-state index in [9.17, 15) is 8.42 Å². The van der Waals surface area contributed by atoms with Gasteiger partial charge in [-0.15, -0.1) is 0 Å². The molecule has 1 aliphatic heterocycles. The Morgan fingerprint density at radius 3 is 2.63 bits per heavy atom. The van der Waals surface area contributed by atoms with Gasteiger partial charge in [0.1, 0.15) is 6.10 Å². The summed E-state index contributed by atoms with van der Waals surface area (Å²) in [6.07, 6.45) is 7.26. The van der Waals surface area contributed by atoms with Gasteiger partial charge in [-0.2, -0.15) is 0 Å². The van der Waals surface area contributed by atoms with Crippen LogP contribution < -0.4 is 0 Å². The maximum atomic E-state index is 12.6. The summed E-state index contributed by atoms with van der Waals surface area (Å²) in [5, 5.41) is 0. The quantitative estimate of drug-likeness (QED) is 0.631. The highest BCUT2D eigenvalue weighted by molar-refractivity contribution is 7.93. The number of ether oxygens (including phenoxy) is 1. The van der Waals surface area contributed by atoms with E-state index < -0.39 is 14.8 Å². The zero-order valence-corrected chi connectivity index (χ0v) is 11.8. The minimum Gasteiger partial charge on any atom is -0.348 e. The number of sulfone groups is 1. The molecular formula is C15H18O3S. The van der Waals surface area contributed by atoms with Gasteiger partial charge in [0, 0.05) is 5.92 Å². The molecule has 1 fully saturated rings. The van der Waals surface area contributed by atoms with Crippen molar-refractivity contribution in [1.29, 1.82) is 0 Å². The van der Waals surface area contributed by atoms with E-state index in [2.05, 4.69) is 12.2 Å². The largest absolute Gasteiger partial charge is 0.348 e. The van der Waals surface area contributed by atoms with Crippen LogP contribution in [0.5, 0.6) is 0 Å². The first-order valence-corrected chi connectivity index (χ1v) is 8.18.